The lowest BCUT2D eigenvalue weighted by Crippen LogP contribution is -2.19. The molecule has 0 saturated heterocycles. The maximum Gasteiger partial charge on any atom is 0.119 e. The smallest absolute Gasteiger partial charge is 0.119 e. The van der Waals surface area contributed by atoms with Gasteiger partial charge in [0.25, 0.3) is 0 Å². The van der Waals surface area contributed by atoms with Crippen molar-refractivity contribution in [3.63, 3.8) is 0 Å². The Morgan fingerprint density at radius 3 is 2.69 bits per heavy atom. The first-order valence-electron chi connectivity index (χ1n) is 5.69. The highest BCUT2D eigenvalue weighted by Gasteiger charge is 2.17. The van der Waals surface area contributed by atoms with Gasteiger partial charge in [-0.05, 0) is 36.1 Å². The normalized spacial score (nSPS) is 14.6. The summed E-state index contributed by atoms with van der Waals surface area (Å²) in [6, 6.07) is 6.00. The van der Waals surface area contributed by atoms with Gasteiger partial charge in [-0.2, -0.15) is 0 Å². The molecule has 2 unspecified atom stereocenters. The second kappa shape index (κ2) is 6.26. The second-order valence-corrected chi connectivity index (χ2v) is 5.03. The molecule has 0 heterocycles. The summed E-state index contributed by atoms with van der Waals surface area (Å²) in [6.07, 6.45) is 2.31. The fraction of sp³-hybridized carbons (Fsp3) is 0.538. The van der Waals surface area contributed by atoms with Gasteiger partial charge in [0.2, 0.25) is 0 Å². The third-order valence-electron chi connectivity index (χ3n) is 2.92. The Labute approximate surface area is 106 Å². The molecule has 0 aliphatic rings. The van der Waals surface area contributed by atoms with Crippen LogP contribution in [0, 0.1) is 5.92 Å². The first-order valence-corrected chi connectivity index (χ1v) is 6.48. The molecule has 1 rings (SSSR count). The van der Waals surface area contributed by atoms with E-state index in [0.29, 0.717) is 5.92 Å². The van der Waals surface area contributed by atoms with Crippen LogP contribution in [0.3, 0.4) is 0 Å². The quantitative estimate of drug-likeness (QED) is 0.891. The Bertz CT molecular complexity index is 341. The summed E-state index contributed by atoms with van der Waals surface area (Å²) in [5, 5.41) is 0. The summed E-state index contributed by atoms with van der Waals surface area (Å²) in [5.41, 5.74) is 7.39. The zero-order valence-electron chi connectivity index (χ0n) is 10.2. The molecule has 0 radical (unpaired) electrons. The molecule has 2 nitrogen and oxygen atoms in total. The summed E-state index contributed by atoms with van der Waals surface area (Å²) in [7, 11) is 1.67. The molecule has 0 saturated carbocycles. The van der Waals surface area contributed by atoms with Crippen molar-refractivity contribution in [3.8, 4) is 5.75 Å². The third-order valence-corrected chi connectivity index (χ3v) is 3.64. The van der Waals surface area contributed by atoms with E-state index in [-0.39, 0.29) is 6.04 Å². The van der Waals surface area contributed by atoms with Gasteiger partial charge in [-0.15, -0.1) is 0 Å². The van der Waals surface area contributed by atoms with Gasteiger partial charge in [-0.3, -0.25) is 0 Å². The van der Waals surface area contributed by atoms with Gasteiger partial charge in [0.15, 0.2) is 0 Å². The van der Waals surface area contributed by atoms with Gasteiger partial charge in [0, 0.05) is 10.5 Å². The molecule has 0 spiro atoms. The largest absolute Gasteiger partial charge is 0.497 e. The summed E-state index contributed by atoms with van der Waals surface area (Å²) in [6.45, 7) is 4.38. The van der Waals surface area contributed by atoms with Gasteiger partial charge < -0.3 is 10.5 Å². The first-order chi connectivity index (χ1) is 7.60. The first kappa shape index (κ1) is 13.5. The maximum atomic E-state index is 6.26. The van der Waals surface area contributed by atoms with E-state index in [1.165, 1.54) is 0 Å². The summed E-state index contributed by atoms with van der Waals surface area (Å²) in [5.74, 6) is 1.34. The standard InChI is InChI=1S/C13H20BrNO/c1-4-5-9(2)13(15)11-8-10(16-3)6-7-12(11)14/h6-9,13H,4-5,15H2,1-3H3. The fourth-order valence-electron chi connectivity index (χ4n) is 1.85. The molecule has 0 bridgehead atoms. The lowest BCUT2D eigenvalue weighted by molar-refractivity contribution is 0.407. The SMILES string of the molecule is CCCC(C)C(N)c1cc(OC)ccc1Br. The highest BCUT2D eigenvalue weighted by atomic mass is 79.9. The van der Waals surface area contributed by atoms with E-state index in [1.807, 2.05) is 18.2 Å². The topological polar surface area (TPSA) is 35.2 Å². The fourth-order valence-corrected chi connectivity index (χ4v) is 2.36. The molecule has 90 valence electrons. The van der Waals surface area contributed by atoms with Crippen molar-refractivity contribution >= 4 is 15.9 Å². The number of ether oxygens (including phenoxy) is 1. The molecule has 0 fully saturated rings. The summed E-state index contributed by atoms with van der Waals surface area (Å²) < 4.78 is 6.28. The van der Waals surface area contributed by atoms with Crippen LogP contribution in [0.15, 0.2) is 22.7 Å². The molecule has 16 heavy (non-hydrogen) atoms. The second-order valence-electron chi connectivity index (χ2n) is 4.18. The molecule has 0 aliphatic heterocycles. The van der Waals surface area contributed by atoms with Crippen LogP contribution in [0.5, 0.6) is 5.75 Å². The Morgan fingerprint density at radius 2 is 2.12 bits per heavy atom. The van der Waals surface area contributed by atoms with Crippen LogP contribution in [0.4, 0.5) is 0 Å². The zero-order chi connectivity index (χ0) is 12.1. The van der Waals surface area contributed by atoms with Crippen LogP contribution >= 0.6 is 15.9 Å². The molecule has 1 aromatic carbocycles. The minimum absolute atomic E-state index is 0.0597. The van der Waals surface area contributed by atoms with Crippen molar-refractivity contribution in [2.24, 2.45) is 11.7 Å². The lowest BCUT2D eigenvalue weighted by atomic mass is 9.92. The highest BCUT2D eigenvalue weighted by molar-refractivity contribution is 9.10. The van der Waals surface area contributed by atoms with Gasteiger partial charge >= 0.3 is 0 Å². The van der Waals surface area contributed by atoms with E-state index in [2.05, 4.69) is 29.8 Å². The van der Waals surface area contributed by atoms with Gasteiger partial charge in [-0.1, -0.05) is 36.2 Å². The number of benzene rings is 1. The van der Waals surface area contributed by atoms with Gasteiger partial charge in [0.1, 0.15) is 5.75 Å². The number of nitrogens with two attached hydrogens (primary N) is 1. The summed E-state index contributed by atoms with van der Waals surface area (Å²) >= 11 is 3.54. The molecule has 0 aliphatic carbocycles. The Morgan fingerprint density at radius 1 is 1.44 bits per heavy atom. The van der Waals surface area contributed by atoms with E-state index in [4.69, 9.17) is 10.5 Å². The number of hydrogen-bond donors (Lipinski definition) is 1. The number of halogens is 1. The summed E-state index contributed by atoms with van der Waals surface area (Å²) in [4.78, 5) is 0. The predicted molar refractivity (Wildman–Crippen MR) is 71.7 cm³/mol. The minimum atomic E-state index is 0.0597. The van der Waals surface area contributed by atoms with Gasteiger partial charge in [0.05, 0.1) is 7.11 Å². The van der Waals surface area contributed by atoms with Crippen LogP contribution in [-0.2, 0) is 0 Å². The lowest BCUT2D eigenvalue weighted by Gasteiger charge is -2.21. The van der Waals surface area contributed by atoms with Crippen LogP contribution in [-0.4, -0.2) is 7.11 Å². The number of hydrogen-bond acceptors (Lipinski definition) is 2. The third kappa shape index (κ3) is 3.22. The van der Waals surface area contributed by atoms with E-state index in [0.717, 1.165) is 28.6 Å². The van der Waals surface area contributed by atoms with Crippen LogP contribution in [0.2, 0.25) is 0 Å². The zero-order valence-corrected chi connectivity index (χ0v) is 11.8. The Hall–Kier alpha value is -0.540. The van der Waals surface area contributed by atoms with Crippen molar-refractivity contribution in [2.45, 2.75) is 32.7 Å². The number of methoxy groups -OCH3 is 1. The van der Waals surface area contributed by atoms with Crippen molar-refractivity contribution in [1.82, 2.24) is 0 Å². The van der Waals surface area contributed by atoms with E-state index >= 15 is 0 Å². The predicted octanol–water partition coefficient (Wildman–Crippen LogP) is 3.89. The van der Waals surface area contributed by atoms with E-state index in [9.17, 15) is 0 Å². The van der Waals surface area contributed by atoms with E-state index < -0.39 is 0 Å². The molecule has 2 atom stereocenters. The minimum Gasteiger partial charge on any atom is -0.497 e. The molecule has 2 N–H and O–H groups in total. The number of rotatable bonds is 5. The average molecular weight is 286 g/mol. The van der Waals surface area contributed by atoms with Crippen molar-refractivity contribution < 1.29 is 4.74 Å². The van der Waals surface area contributed by atoms with Crippen molar-refractivity contribution in [2.75, 3.05) is 7.11 Å². The van der Waals surface area contributed by atoms with Gasteiger partial charge in [-0.25, -0.2) is 0 Å². The van der Waals surface area contributed by atoms with Crippen molar-refractivity contribution in [3.05, 3.63) is 28.2 Å². The molecule has 0 aromatic heterocycles. The van der Waals surface area contributed by atoms with Crippen LogP contribution < -0.4 is 10.5 Å². The Kier molecular flexibility index (Phi) is 5.29. The van der Waals surface area contributed by atoms with Crippen LogP contribution in [0.1, 0.15) is 38.3 Å². The highest BCUT2D eigenvalue weighted by Crippen LogP contribution is 2.31. The van der Waals surface area contributed by atoms with Crippen molar-refractivity contribution in [1.29, 1.82) is 0 Å². The molecule has 1 aromatic rings. The molecule has 3 heteroatoms. The average Bonchev–Trinajstić information content (AvgIpc) is 2.29. The molecular weight excluding hydrogens is 266 g/mol. The van der Waals surface area contributed by atoms with Crippen LogP contribution in [0.25, 0.3) is 0 Å². The monoisotopic (exact) mass is 285 g/mol. The van der Waals surface area contributed by atoms with E-state index in [1.54, 1.807) is 7.11 Å². The Balaban J connectivity index is 2.92. The molecule has 0 amide bonds. The molecular formula is C13H20BrNO. The maximum absolute atomic E-state index is 6.26.